The zero-order valence-electron chi connectivity index (χ0n) is 24.0. The number of H-pyrrole nitrogens is 1. The lowest BCUT2D eigenvalue weighted by atomic mass is 10.1. The van der Waals surface area contributed by atoms with Crippen molar-refractivity contribution in [1.82, 2.24) is 15.6 Å². The molecular weight excluding hydrogens is 699 g/mol. The molecule has 8 nitrogen and oxygen atoms in total. The number of carbonyl (C=O) groups excluding carboxylic acids is 2. The van der Waals surface area contributed by atoms with Crippen LogP contribution in [0.5, 0.6) is 5.75 Å². The van der Waals surface area contributed by atoms with E-state index in [0.717, 1.165) is 28.8 Å². The summed E-state index contributed by atoms with van der Waals surface area (Å²) < 4.78 is 86.3. The van der Waals surface area contributed by atoms with Gasteiger partial charge in [-0.25, -0.2) is 9.59 Å². The molecule has 17 heteroatoms. The monoisotopic (exact) mass is 723 g/mol. The van der Waals surface area contributed by atoms with Crippen LogP contribution in [-0.2, 0) is 33.7 Å². The number of carbonyl (C=O) groups is 2. The van der Waals surface area contributed by atoms with E-state index in [9.17, 15) is 40.7 Å². The minimum absolute atomic E-state index is 0.117. The molecule has 252 valence electrons. The predicted octanol–water partition coefficient (Wildman–Crippen LogP) is 6.68. The lowest BCUT2D eigenvalue weighted by Crippen LogP contribution is -2.32. The Labute approximate surface area is 277 Å². The number of aromatic amines is 1. The molecule has 0 aliphatic rings. The third-order valence-electron chi connectivity index (χ3n) is 6.72. The molecule has 0 saturated heterocycles. The van der Waals surface area contributed by atoms with Crippen LogP contribution < -0.4 is 20.2 Å². The van der Waals surface area contributed by atoms with Gasteiger partial charge < -0.3 is 25.1 Å². The first-order chi connectivity index (χ1) is 22.1. The number of nitrogens with one attached hydrogen (secondary N) is 3. The van der Waals surface area contributed by atoms with Gasteiger partial charge in [-0.2, -0.15) is 26.3 Å². The van der Waals surface area contributed by atoms with Crippen LogP contribution >= 0.6 is 34.5 Å². The lowest BCUT2D eigenvalue weighted by molar-refractivity contribution is -0.205. The molecule has 0 unspecified atom stereocenters. The molecule has 0 spiro atoms. The Morgan fingerprint density at radius 2 is 1.45 bits per heavy atom. The summed E-state index contributed by atoms with van der Waals surface area (Å²) in [7, 11) is 0. The van der Waals surface area contributed by atoms with Crippen LogP contribution in [-0.4, -0.2) is 48.9 Å². The molecule has 0 saturated carbocycles. The fourth-order valence-corrected chi connectivity index (χ4v) is 5.94. The van der Waals surface area contributed by atoms with Crippen molar-refractivity contribution in [2.24, 2.45) is 0 Å². The first kappa shape index (κ1) is 36.2. The highest BCUT2D eigenvalue weighted by molar-refractivity contribution is 7.16. The van der Waals surface area contributed by atoms with Gasteiger partial charge in [0.25, 0.3) is 0 Å². The van der Waals surface area contributed by atoms with E-state index in [-0.39, 0.29) is 28.9 Å². The Morgan fingerprint density at radius 1 is 0.830 bits per heavy atom. The van der Waals surface area contributed by atoms with Crippen molar-refractivity contribution in [3.05, 3.63) is 96.6 Å². The summed E-state index contributed by atoms with van der Waals surface area (Å²) in [4.78, 5) is 36.6. The predicted molar refractivity (Wildman–Crippen MR) is 164 cm³/mol. The SMILES string of the molecule is O=C(Oc1ccc([C@H](CNCCc2ccc(CNCCc3c(Cl)cccc3Cl)cc2)OC(=O)C(F)(F)F)c2sc(=O)[nH]c12)C(F)(F)F. The van der Waals surface area contributed by atoms with Gasteiger partial charge in [0.15, 0.2) is 5.75 Å². The summed E-state index contributed by atoms with van der Waals surface area (Å²) in [6.45, 7) is 1.12. The largest absolute Gasteiger partial charge is 0.491 e. The first-order valence-electron chi connectivity index (χ1n) is 13.8. The Hall–Kier alpha value is -3.63. The molecule has 0 radical (unpaired) electrons. The minimum atomic E-state index is -5.35. The summed E-state index contributed by atoms with van der Waals surface area (Å²) in [5, 5.41) is 7.43. The van der Waals surface area contributed by atoms with Crippen molar-refractivity contribution in [1.29, 1.82) is 0 Å². The third kappa shape index (κ3) is 9.93. The summed E-state index contributed by atoms with van der Waals surface area (Å²) in [5.41, 5.74) is 2.28. The molecule has 4 aromatic rings. The van der Waals surface area contributed by atoms with Crippen molar-refractivity contribution in [2.75, 3.05) is 19.6 Å². The maximum atomic E-state index is 13.1. The van der Waals surface area contributed by atoms with Gasteiger partial charge in [-0.15, -0.1) is 0 Å². The number of hydrogen-bond acceptors (Lipinski definition) is 8. The number of hydrogen-bond donors (Lipinski definition) is 3. The Bertz CT molecular complexity index is 1760. The highest BCUT2D eigenvalue weighted by atomic mass is 35.5. The van der Waals surface area contributed by atoms with Crippen molar-refractivity contribution < 1.29 is 45.4 Å². The van der Waals surface area contributed by atoms with E-state index < -0.39 is 41.0 Å². The summed E-state index contributed by atoms with van der Waals surface area (Å²) in [6, 6.07) is 14.8. The fraction of sp³-hybridized carbons (Fsp3) is 0.300. The molecule has 0 aliphatic heterocycles. The molecule has 0 aliphatic carbocycles. The number of thiazole rings is 1. The second kappa shape index (κ2) is 15.5. The van der Waals surface area contributed by atoms with Gasteiger partial charge in [0, 0.05) is 28.7 Å². The standard InChI is InChI=1S/C30H25Cl2F6N3O5S/c31-20-2-1-3-21(32)18(20)11-13-39-14-17-6-4-16(5-7-17)10-12-40-15-23(46-27(43)30(36,37)38)19-8-9-22(45-26(42)29(33,34)35)24-25(19)47-28(44)41-24/h1-9,23,39-40H,10-15H2,(H,41,44)/t23-/m0/s1. The van der Waals surface area contributed by atoms with Crippen molar-refractivity contribution in [3.8, 4) is 5.75 Å². The van der Waals surface area contributed by atoms with Crippen LogP contribution in [0.25, 0.3) is 10.2 Å². The minimum Gasteiger partial charge on any atom is -0.449 e. The van der Waals surface area contributed by atoms with E-state index in [4.69, 9.17) is 27.9 Å². The number of fused-ring (bicyclic) bond motifs is 1. The van der Waals surface area contributed by atoms with Gasteiger partial charge in [0.05, 0.1) is 4.70 Å². The number of halogens is 8. The molecule has 47 heavy (non-hydrogen) atoms. The molecule has 3 N–H and O–H groups in total. The zero-order chi connectivity index (χ0) is 34.4. The number of rotatable bonds is 13. The van der Waals surface area contributed by atoms with Gasteiger partial charge in [-0.05, 0) is 66.9 Å². The zero-order valence-corrected chi connectivity index (χ0v) is 26.3. The first-order valence-corrected chi connectivity index (χ1v) is 15.4. The summed E-state index contributed by atoms with van der Waals surface area (Å²) >= 11 is 12.8. The van der Waals surface area contributed by atoms with Crippen LogP contribution in [0.15, 0.2) is 59.4 Å². The molecule has 1 atom stereocenters. The van der Waals surface area contributed by atoms with Crippen LogP contribution in [0.2, 0.25) is 10.0 Å². The van der Waals surface area contributed by atoms with Gasteiger partial charge in [0.1, 0.15) is 11.6 Å². The van der Waals surface area contributed by atoms with E-state index in [1.54, 1.807) is 18.2 Å². The normalized spacial score (nSPS) is 12.7. The van der Waals surface area contributed by atoms with Crippen LogP contribution in [0.1, 0.15) is 28.4 Å². The molecule has 0 bridgehead atoms. The maximum absolute atomic E-state index is 13.1. The van der Waals surface area contributed by atoms with E-state index in [2.05, 4.69) is 20.4 Å². The van der Waals surface area contributed by atoms with Gasteiger partial charge in [-0.3, -0.25) is 4.79 Å². The van der Waals surface area contributed by atoms with Crippen LogP contribution in [0, 0.1) is 0 Å². The molecule has 3 aromatic carbocycles. The molecule has 1 aromatic heterocycles. The Kier molecular flexibility index (Phi) is 12.0. The van der Waals surface area contributed by atoms with Crippen LogP contribution in [0.4, 0.5) is 26.3 Å². The number of aromatic nitrogens is 1. The molecular formula is C30H25Cl2F6N3O5S. The highest BCUT2D eigenvalue weighted by Gasteiger charge is 2.43. The van der Waals surface area contributed by atoms with Crippen molar-refractivity contribution in [3.63, 3.8) is 0 Å². The number of ether oxygens (including phenoxy) is 2. The molecule has 0 fully saturated rings. The average Bonchev–Trinajstić information content (AvgIpc) is 3.39. The summed E-state index contributed by atoms with van der Waals surface area (Å²) in [5.74, 6) is -5.75. The second-order valence-electron chi connectivity index (χ2n) is 10.0. The average molecular weight is 725 g/mol. The quantitative estimate of drug-likeness (QED) is 0.0612. The van der Waals surface area contributed by atoms with Crippen molar-refractivity contribution >= 4 is 56.7 Å². The van der Waals surface area contributed by atoms with Crippen LogP contribution in [0.3, 0.4) is 0 Å². The van der Waals surface area contributed by atoms with E-state index >= 15 is 0 Å². The third-order valence-corrected chi connectivity index (χ3v) is 8.36. The van der Waals surface area contributed by atoms with Crippen molar-refractivity contribution in [2.45, 2.75) is 37.8 Å². The number of alkyl halides is 6. The highest BCUT2D eigenvalue weighted by Crippen LogP contribution is 2.35. The lowest BCUT2D eigenvalue weighted by Gasteiger charge is -2.21. The van der Waals surface area contributed by atoms with E-state index in [1.165, 1.54) is 0 Å². The maximum Gasteiger partial charge on any atom is 0.491 e. The molecule has 0 amide bonds. The molecule has 1 heterocycles. The molecule has 4 rings (SSSR count). The topological polar surface area (TPSA) is 110 Å². The van der Waals surface area contributed by atoms with Gasteiger partial charge in [0.2, 0.25) is 0 Å². The number of esters is 2. The number of benzene rings is 3. The van der Waals surface area contributed by atoms with E-state index in [0.29, 0.717) is 47.3 Å². The van der Waals surface area contributed by atoms with Gasteiger partial charge >= 0.3 is 29.2 Å². The second-order valence-corrected chi connectivity index (χ2v) is 11.8. The fourth-order valence-electron chi connectivity index (χ4n) is 4.44. The summed E-state index contributed by atoms with van der Waals surface area (Å²) in [6.07, 6.45) is -11.2. The van der Waals surface area contributed by atoms with E-state index in [1.807, 2.05) is 24.3 Å². The Morgan fingerprint density at radius 3 is 2.09 bits per heavy atom. The van der Waals surface area contributed by atoms with Gasteiger partial charge in [-0.1, -0.05) is 64.9 Å². The smallest absolute Gasteiger partial charge is 0.449 e. The Balaban J connectivity index is 1.37.